The predicted molar refractivity (Wildman–Crippen MR) is 89.7 cm³/mol. The highest BCUT2D eigenvalue weighted by atomic mass is 16.5. The molecule has 9 nitrogen and oxygen atoms in total. The number of nitrogens with zero attached hydrogens (tertiary/aromatic N) is 2. The van der Waals surface area contributed by atoms with Crippen molar-refractivity contribution in [2.75, 3.05) is 11.9 Å². The third kappa shape index (κ3) is 4.16. The lowest BCUT2D eigenvalue weighted by atomic mass is 10.1. The zero-order valence-corrected chi connectivity index (χ0v) is 14.5. The minimum atomic E-state index is -1.15. The zero-order valence-electron chi connectivity index (χ0n) is 14.5. The number of carbonyl (C=O) groups excluding carboxylic acids is 4. The van der Waals surface area contributed by atoms with E-state index >= 15 is 0 Å². The number of amides is 4. The molecule has 0 aliphatic carbocycles. The van der Waals surface area contributed by atoms with Crippen molar-refractivity contribution in [2.24, 2.45) is 0 Å². The van der Waals surface area contributed by atoms with Crippen molar-refractivity contribution < 1.29 is 23.9 Å². The van der Waals surface area contributed by atoms with Crippen LogP contribution in [0.4, 0.5) is 10.5 Å². The summed E-state index contributed by atoms with van der Waals surface area (Å²) in [5.74, 6) is -2.05. The number of carbonyl (C=O) groups is 4. The highest BCUT2D eigenvalue weighted by Gasteiger charge is 2.45. The average Bonchev–Trinajstić information content (AvgIpc) is 2.76. The van der Waals surface area contributed by atoms with E-state index in [1.54, 1.807) is 18.2 Å². The van der Waals surface area contributed by atoms with Gasteiger partial charge in [0.15, 0.2) is 6.10 Å². The van der Waals surface area contributed by atoms with E-state index in [0.717, 1.165) is 4.90 Å². The van der Waals surface area contributed by atoms with Crippen LogP contribution in [0.25, 0.3) is 0 Å². The quantitative estimate of drug-likeness (QED) is 0.590. The first-order valence-corrected chi connectivity index (χ1v) is 7.78. The van der Waals surface area contributed by atoms with Gasteiger partial charge in [-0.25, -0.2) is 4.79 Å². The predicted octanol–water partition coefficient (Wildman–Crippen LogP) is 0.759. The highest BCUT2D eigenvalue weighted by molar-refractivity contribution is 6.08. The maximum absolute atomic E-state index is 12.1. The van der Waals surface area contributed by atoms with Crippen LogP contribution in [0, 0.1) is 11.3 Å². The van der Waals surface area contributed by atoms with Crippen LogP contribution in [0.3, 0.4) is 0 Å². The molecule has 2 N–H and O–H groups in total. The lowest BCUT2D eigenvalue weighted by Gasteiger charge is -2.17. The number of urea groups is 1. The van der Waals surface area contributed by atoms with Crippen LogP contribution in [0.5, 0.6) is 0 Å². The minimum absolute atomic E-state index is 0.369. The number of ether oxygens (including phenoxy) is 1. The van der Waals surface area contributed by atoms with Crippen LogP contribution in [0.1, 0.15) is 26.3 Å². The van der Waals surface area contributed by atoms with Crippen LogP contribution in [-0.4, -0.2) is 46.9 Å². The first-order valence-electron chi connectivity index (χ1n) is 7.78. The molecule has 1 saturated heterocycles. The zero-order chi connectivity index (χ0) is 19.5. The van der Waals surface area contributed by atoms with Crippen molar-refractivity contribution in [1.29, 1.82) is 5.26 Å². The molecule has 0 radical (unpaired) electrons. The topological polar surface area (TPSA) is 129 Å². The maximum Gasteiger partial charge on any atom is 0.327 e. The summed E-state index contributed by atoms with van der Waals surface area (Å²) >= 11 is 0. The van der Waals surface area contributed by atoms with Crippen molar-refractivity contribution in [3.63, 3.8) is 0 Å². The van der Waals surface area contributed by atoms with E-state index < -0.39 is 42.0 Å². The SMILES string of the molecule is CC(OC(=O)CN1C(=O)NC(C)(C)C1=O)C(=O)Nc1cccc(C#N)c1. The van der Waals surface area contributed by atoms with Gasteiger partial charge in [0.2, 0.25) is 0 Å². The molecule has 0 aromatic heterocycles. The molecule has 0 spiro atoms. The Balaban J connectivity index is 1.92. The van der Waals surface area contributed by atoms with E-state index in [4.69, 9.17) is 10.00 Å². The molecule has 1 fully saturated rings. The van der Waals surface area contributed by atoms with E-state index in [1.807, 2.05) is 6.07 Å². The van der Waals surface area contributed by atoms with Crippen molar-refractivity contribution in [3.8, 4) is 6.07 Å². The largest absolute Gasteiger partial charge is 0.451 e. The molecule has 1 heterocycles. The Bertz CT molecular complexity index is 812. The molecule has 0 saturated carbocycles. The van der Waals surface area contributed by atoms with E-state index in [-0.39, 0.29) is 0 Å². The molecule has 9 heteroatoms. The van der Waals surface area contributed by atoms with Crippen molar-refractivity contribution >= 4 is 29.5 Å². The molecule has 4 amide bonds. The van der Waals surface area contributed by atoms with Gasteiger partial charge in [0.05, 0.1) is 11.6 Å². The molecule has 1 atom stereocenters. The van der Waals surface area contributed by atoms with Crippen LogP contribution in [0.2, 0.25) is 0 Å². The van der Waals surface area contributed by atoms with E-state index in [0.29, 0.717) is 11.3 Å². The van der Waals surface area contributed by atoms with Crippen LogP contribution in [-0.2, 0) is 19.1 Å². The van der Waals surface area contributed by atoms with Gasteiger partial charge in [-0.15, -0.1) is 0 Å². The van der Waals surface area contributed by atoms with Crippen molar-refractivity contribution in [2.45, 2.75) is 32.4 Å². The van der Waals surface area contributed by atoms with Crippen LogP contribution >= 0.6 is 0 Å². The molecule has 1 unspecified atom stereocenters. The number of nitriles is 1. The Labute approximate surface area is 149 Å². The molecule has 1 aromatic rings. The molecule has 1 aliphatic heterocycles. The molecule has 1 aromatic carbocycles. The van der Waals surface area contributed by atoms with Crippen molar-refractivity contribution in [3.05, 3.63) is 29.8 Å². The number of hydrogen-bond donors (Lipinski definition) is 2. The summed E-state index contributed by atoms with van der Waals surface area (Å²) < 4.78 is 4.98. The number of hydrogen-bond acceptors (Lipinski definition) is 6. The van der Waals surface area contributed by atoms with Gasteiger partial charge in [0, 0.05) is 5.69 Å². The summed E-state index contributed by atoms with van der Waals surface area (Å²) in [5.41, 5.74) is -0.340. The van der Waals surface area contributed by atoms with Gasteiger partial charge in [0.25, 0.3) is 11.8 Å². The first kappa shape index (κ1) is 18.9. The third-order valence-corrected chi connectivity index (χ3v) is 3.67. The lowest BCUT2D eigenvalue weighted by Crippen LogP contribution is -2.42. The second-order valence-corrected chi connectivity index (χ2v) is 6.26. The normalized spacial score (nSPS) is 16.5. The van der Waals surface area contributed by atoms with Crippen LogP contribution in [0.15, 0.2) is 24.3 Å². The molecule has 2 rings (SSSR count). The molecule has 1 aliphatic rings. The number of rotatable bonds is 5. The smallest absolute Gasteiger partial charge is 0.327 e. The number of nitrogens with one attached hydrogen (secondary N) is 2. The number of imide groups is 1. The van der Waals surface area contributed by atoms with Gasteiger partial charge in [-0.05, 0) is 39.0 Å². The molecule has 26 heavy (non-hydrogen) atoms. The average molecular weight is 358 g/mol. The number of anilines is 1. The van der Waals surface area contributed by atoms with E-state index in [2.05, 4.69) is 10.6 Å². The lowest BCUT2D eigenvalue weighted by molar-refractivity contribution is -0.155. The van der Waals surface area contributed by atoms with Gasteiger partial charge in [-0.3, -0.25) is 19.3 Å². The standard InChI is InChI=1S/C17H18N4O5/c1-10(14(23)19-12-6-4-5-11(7-12)8-18)26-13(22)9-21-15(24)17(2,3)20-16(21)25/h4-7,10H,9H2,1-3H3,(H,19,23)(H,20,25). The van der Waals surface area contributed by atoms with E-state index in [9.17, 15) is 19.2 Å². The second kappa shape index (κ2) is 7.23. The summed E-state index contributed by atoms with van der Waals surface area (Å²) in [6, 6.07) is 7.50. The van der Waals surface area contributed by atoms with Crippen LogP contribution < -0.4 is 10.6 Å². The number of benzene rings is 1. The van der Waals surface area contributed by atoms with Gasteiger partial charge >= 0.3 is 12.0 Å². The van der Waals surface area contributed by atoms with Crippen molar-refractivity contribution in [1.82, 2.24) is 10.2 Å². The fourth-order valence-corrected chi connectivity index (χ4v) is 2.29. The summed E-state index contributed by atoms with van der Waals surface area (Å²) in [7, 11) is 0. The summed E-state index contributed by atoms with van der Waals surface area (Å²) in [6.45, 7) is 3.81. The molecular formula is C17H18N4O5. The molecule has 0 bridgehead atoms. The fourth-order valence-electron chi connectivity index (χ4n) is 2.29. The first-order chi connectivity index (χ1) is 12.1. The highest BCUT2D eigenvalue weighted by Crippen LogP contribution is 2.16. The Morgan fingerprint density at radius 2 is 2.08 bits per heavy atom. The monoisotopic (exact) mass is 358 g/mol. The Kier molecular flexibility index (Phi) is 5.26. The molecular weight excluding hydrogens is 340 g/mol. The van der Waals surface area contributed by atoms with Gasteiger partial charge in [-0.2, -0.15) is 5.26 Å². The van der Waals surface area contributed by atoms with E-state index in [1.165, 1.54) is 26.8 Å². The fraction of sp³-hybridized carbons (Fsp3) is 0.353. The Hall–Kier alpha value is -3.41. The molecule has 136 valence electrons. The summed E-state index contributed by atoms with van der Waals surface area (Å²) in [5, 5.41) is 13.8. The third-order valence-electron chi connectivity index (χ3n) is 3.67. The second-order valence-electron chi connectivity index (χ2n) is 6.26. The van der Waals surface area contributed by atoms with Gasteiger partial charge in [-0.1, -0.05) is 6.07 Å². The minimum Gasteiger partial charge on any atom is -0.451 e. The number of esters is 1. The summed E-state index contributed by atoms with van der Waals surface area (Å²) in [6.07, 6.45) is -1.15. The maximum atomic E-state index is 12.1. The van der Waals surface area contributed by atoms with Gasteiger partial charge < -0.3 is 15.4 Å². The summed E-state index contributed by atoms with van der Waals surface area (Å²) in [4.78, 5) is 48.5. The Morgan fingerprint density at radius 3 is 2.65 bits per heavy atom. The Morgan fingerprint density at radius 1 is 1.38 bits per heavy atom. The van der Waals surface area contributed by atoms with Gasteiger partial charge in [0.1, 0.15) is 12.1 Å².